The maximum absolute atomic E-state index is 12.7. The molecule has 6 heteroatoms. The number of amides is 1. The Kier molecular flexibility index (Phi) is 5.71. The van der Waals surface area contributed by atoms with Gasteiger partial charge in [-0.3, -0.25) is 9.78 Å². The smallest absolute Gasteiger partial charge is 0.224 e. The minimum atomic E-state index is -3.28. The van der Waals surface area contributed by atoms with Gasteiger partial charge in [0.25, 0.3) is 0 Å². The van der Waals surface area contributed by atoms with Crippen LogP contribution in [-0.4, -0.2) is 24.6 Å². The second-order valence-corrected chi connectivity index (χ2v) is 9.25. The average Bonchev–Trinajstić information content (AvgIpc) is 3.09. The first-order valence-electron chi connectivity index (χ1n) is 8.98. The van der Waals surface area contributed by atoms with Gasteiger partial charge in [0.2, 0.25) is 5.91 Å². The van der Waals surface area contributed by atoms with Gasteiger partial charge in [-0.2, -0.15) is 0 Å². The predicted octanol–water partition coefficient (Wildman–Crippen LogP) is 3.62. The van der Waals surface area contributed by atoms with Crippen molar-refractivity contribution in [2.24, 2.45) is 5.92 Å². The minimum absolute atomic E-state index is 0.103. The number of carbonyl (C=O) groups is 1. The Bertz CT molecular complexity index is 848. The Morgan fingerprint density at radius 2 is 1.96 bits per heavy atom. The predicted molar refractivity (Wildman–Crippen MR) is 102 cm³/mol. The molecule has 5 nitrogen and oxygen atoms in total. The summed E-state index contributed by atoms with van der Waals surface area (Å²) in [5.74, 6) is 0.363. The molecule has 1 fully saturated rings. The standard InChI is InChI=1S/C20H24N2O3S/c1-15-4-8-19(13-15)26(24,25)18-9-6-17(7-10-18)22-20(23)11-5-16-3-2-12-21-14-16/h2-3,6-7,9-10,12,14-15,19H,4-5,8,11,13H2,1H3,(H,22,23). The second-order valence-electron chi connectivity index (χ2n) is 7.02. The van der Waals surface area contributed by atoms with E-state index in [0.29, 0.717) is 29.3 Å². The van der Waals surface area contributed by atoms with Gasteiger partial charge in [-0.05, 0) is 67.5 Å². The third kappa shape index (κ3) is 4.49. The van der Waals surface area contributed by atoms with Crippen LogP contribution in [0.3, 0.4) is 0 Å². The summed E-state index contributed by atoms with van der Waals surface area (Å²) in [5.41, 5.74) is 1.62. The molecule has 1 amide bonds. The first-order chi connectivity index (χ1) is 12.4. The highest BCUT2D eigenvalue weighted by atomic mass is 32.2. The van der Waals surface area contributed by atoms with Gasteiger partial charge in [0.05, 0.1) is 10.1 Å². The van der Waals surface area contributed by atoms with Gasteiger partial charge in [0.15, 0.2) is 9.84 Å². The lowest BCUT2D eigenvalue weighted by molar-refractivity contribution is -0.116. The van der Waals surface area contributed by atoms with E-state index in [1.165, 1.54) is 0 Å². The summed E-state index contributed by atoms with van der Waals surface area (Å²) in [6, 6.07) is 10.3. The number of aromatic nitrogens is 1. The minimum Gasteiger partial charge on any atom is -0.326 e. The molecule has 1 aliphatic rings. The topological polar surface area (TPSA) is 76.1 Å². The molecule has 0 saturated heterocycles. The van der Waals surface area contributed by atoms with E-state index < -0.39 is 9.84 Å². The Labute approximate surface area is 154 Å². The highest BCUT2D eigenvalue weighted by Gasteiger charge is 2.33. The molecule has 1 aromatic heterocycles. The first-order valence-corrected chi connectivity index (χ1v) is 10.5. The molecule has 0 radical (unpaired) electrons. The largest absolute Gasteiger partial charge is 0.326 e. The van der Waals surface area contributed by atoms with E-state index in [-0.39, 0.29) is 11.2 Å². The number of hydrogen-bond donors (Lipinski definition) is 1. The summed E-state index contributed by atoms with van der Waals surface area (Å²) >= 11 is 0. The van der Waals surface area contributed by atoms with Crippen LogP contribution in [0.1, 0.15) is 38.2 Å². The Balaban J connectivity index is 1.58. The molecule has 1 N–H and O–H groups in total. The zero-order valence-electron chi connectivity index (χ0n) is 14.9. The molecular weight excluding hydrogens is 348 g/mol. The van der Waals surface area contributed by atoms with Gasteiger partial charge >= 0.3 is 0 Å². The van der Waals surface area contributed by atoms with Gasteiger partial charge < -0.3 is 5.32 Å². The molecule has 1 saturated carbocycles. The van der Waals surface area contributed by atoms with Crippen molar-refractivity contribution in [3.63, 3.8) is 0 Å². The zero-order valence-corrected chi connectivity index (χ0v) is 15.7. The number of nitrogens with zero attached hydrogens (tertiary/aromatic N) is 1. The Morgan fingerprint density at radius 1 is 1.19 bits per heavy atom. The fourth-order valence-electron chi connectivity index (χ4n) is 3.38. The van der Waals surface area contributed by atoms with Crippen LogP contribution in [0.4, 0.5) is 5.69 Å². The number of rotatable bonds is 6. The molecule has 138 valence electrons. The average molecular weight is 372 g/mol. The van der Waals surface area contributed by atoms with Gasteiger partial charge in [-0.15, -0.1) is 0 Å². The van der Waals surface area contributed by atoms with Crippen molar-refractivity contribution in [3.8, 4) is 0 Å². The quantitative estimate of drug-likeness (QED) is 0.840. The lowest BCUT2D eigenvalue weighted by Gasteiger charge is -2.12. The molecule has 2 unspecified atom stereocenters. The van der Waals surface area contributed by atoms with Gasteiger partial charge in [0, 0.05) is 24.5 Å². The normalized spacial score (nSPS) is 20.0. The number of anilines is 1. The van der Waals surface area contributed by atoms with Crippen molar-refractivity contribution >= 4 is 21.4 Å². The van der Waals surface area contributed by atoms with Crippen LogP contribution in [0.25, 0.3) is 0 Å². The molecule has 0 spiro atoms. The second kappa shape index (κ2) is 7.99. The lowest BCUT2D eigenvalue weighted by Crippen LogP contribution is -2.18. The van der Waals surface area contributed by atoms with Crippen LogP contribution in [0, 0.1) is 5.92 Å². The monoisotopic (exact) mass is 372 g/mol. The molecule has 1 aromatic carbocycles. The Morgan fingerprint density at radius 3 is 2.58 bits per heavy atom. The van der Waals surface area contributed by atoms with E-state index in [2.05, 4.69) is 17.2 Å². The van der Waals surface area contributed by atoms with Crippen LogP contribution >= 0.6 is 0 Å². The highest BCUT2D eigenvalue weighted by Crippen LogP contribution is 2.33. The SMILES string of the molecule is CC1CCC(S(=O)(=O)c2ccc(NC(=O)CCc3cccnc3)cc2)C1. The number of aryl methyl sites for hydroxylation is 1. The van der Waals surface area contributed by atoms with Crippen molar-refractivity contribution in [1.82, 2.24) is 4.98 Å². The third-order valence-corrected chi connectivity index (χ3v) is 7.15. The first kappa shape index (κ1) is 18.6. The summed E-state index contributed by atoms with van der Waals surface area (Å²) in [4.78, 5) is 16.4. The fraction of sp³-hybridized carbons (Fsp3) is 0.400. The van der Waals surface area contributed by atoms with E-state index >= 15 is 0 Å². The summed E-state index contributed by atoms with van der Waals surface area (Å²) in [5, 5.41) is 2.53. The fourth-order valence-corrected chi connectivity index (χ4v) is 5.31. The van der Waals surface area contributed by atoms with Gasteiger partial charge in [-0.25, -0.2) is 8.42 Å². The van der Waals surface area contributed by atoms with Crippen LogP contribution < -0.4 is 5.32 Å². The van der Waals surface area contributed by atoms with Crippen molar-refractivity contribution < 1.29 is 13.2 Å². The van der Waals surface area contributed by atoms with Crippen molar-refractivity contribution in [2.75, 3.05) is 5.32 Å². The zero-order chi connectivity index (χ0) is 18.6. The summed E-state index contributed by atoms with van der Waals surface area (Å²) in [6.45, 7) is 2.10. The van der Waals surface area contributed by atoms with E-state index in [1.54, 1.807) is 36.7 Å². The molecular formula is C20H24N2O3S. The van der Waals surface area contributed by atoms with E-state index in [9.17, 15) is 13.2 Å². The van der Waals surface area contributed by atoms with E-state index in [4.69, 9.17) is 0 Å². The summed E-state index contributed by atoms with van der Waals surface area (Å²) in [6.07, 6.45) is 6.85. The van der Waals surface area contributed by atoms with E-state index in [1.807, 2.05) is 12.1 Å². The van der Waals surface area contributed by atoms with Gasteiger partial charge in [0.1, 0.15) is 0 Å². The molecule has 2 atom stereocenters. The van der Waals surface area contributed by atoms with Crippen LogP contribution in [-0.2, 0) is 21.1 Å². The van der Waals surface area contributed by atoms with Crippen molar-refractivity contribution in [2.45, 2.75) is 49.2 Å². The Hall–Kier alpha value is -2.21. The highest BCUT2D eigenvalue weighted by molar-refractivity contribution is 7.92. The summed E-state index contributed by atoms with van der Waals surface area (Å²) in [7, 11) is -3.28. The molecule has 2 aromatic rings. The number of pyridine rings is 1. The molecule has 0 bridgehead atoms. The summed E-state index contributed by atoms with van der Waals surface area (Å²) < 4.78 is 25.4. The molecule has 26 heavy (non-hydrogen) atoms. The molecule has 1 aliphatic carbocycles. The third-order valence-electron chi connectivity index (χ3n) is 4.92. The van der Waals surface area contributed by atoms with E-state index in [0.717, 1.165) is 24.8 Å². The number of sulfone groups is 1. The van der Waals surface area contributed by atoms with Crippen LogP contribution in [0.5, 0.6) is 0 Å². The van der Waals surface area contributed by atoms with Crippen LogP contribution in [0.2, 0.25) is 0 Å². The van der Waals surface area contributed by atoms with Gasteiger partial charge in [-0.1, -0.05) is 13.0 Å². The molecule has 1 heterocycles. The maximum Gasteiger partial charge on any atom is 0.224 e. The number of nitrogens with one attached hydrogen (secondary N) is 1. The lowest BCUT2D eigenvalue weighted by atomic mass is 10.1. The number of carbonyl (C=O) groups excluding carboxylic acids is 1. The number of benzene rings is 1. The molecule has 0 aliphatic heterocycles. The maximum atomic E-state index is 12.7. The van der Waals surface area contributed by atoms with Crippen molar-refractivity contribution in [1.29, 1.82) is 0 Å². The number of hydrogen-bond acceptors (Lipinski definition) is 4. The van der Waals surface area contributed by atoms with Crippen LogP contribution in [0.15, 0.2) is 53.7 Å². The van der Waals surface area contributed by atoms with Crippen molar-refractivity contribution in [3.05, 3.63) is 54.4 Å². The molecule has 3 rings (SSSR count).